The van der Waals surface area contributed by atoms with Gasteiger partial charge in [-0.3, -0.25) is 9.69 Å². The number of amides is 1. The van der Waals surface area contributed by atoms with Gasteiger partial charge in [-0.1, -0.05) is 24.3 Å². The maximum absolute atomic E-state index is 12.9. The maximum atomic E-state index is 12.9. The van der Waals surface area contributed by atoms with Crippen molar-refractivity contribution in [2.75, 3.05) is 39.3 Å². The Balaban J connectivity index is 1.31. The normalized spacial score (nSPS) is 20.9. The topological polar surface area (TPSA) is 55.8 Å². The molecule has 0 bridgehead atoms. The molecule has 0 spiro atoms. The van der Waals surface area contributed by atoms with Gasteiger partial charge >= 0.3 is 0 Å². The Bertz CT molecular complexity index is 792. The summed E-state index contributed by atoms with van der Waals surface area (Å²) in [6.07, 6.45) is 2.44. The molecule has 0 radical (unpaired) electrons. The van der Waals surface area contributed by atoms with Crippen LogP contribution >= 0.6 is 0 Å². The predicted molar refractivity (Wildman–Crippen MR) is 111 cm³/mol. The lowest BCUT2D eigenvalue weighted by atomic mass is 9.91. The van der Waals surface area contributed by atoms with Gasteiger partial charge < -0.3 is 15.3 Å². The molecular formula is C23H29N3O2. The number of phenols is 1. The van der Waals surface area contributed by atoms with E-state index in [9.17, 15) is 9.90 Å². The first kappa shape index (κ1) is 19.0. The van der Waals surface area contributed by atoms with Gasteiger partial charge in [0.25, 0.3) is 5.91 Å². The highest BCUT2D eigenvalue weighted by Crippen LogP contribution is 2.24. The SMILES string of the molecule is O=C(c1ccc([C@@H]2CCCNC2)cc1)N1CCN(Cc2cccc(O)c2)CC1. The third-order valence-electron chi connectivity index (χ3n) is 5.90. The van der Waals surface area contributed by atoms with Crippen LogP contribution in [0, 0.1) is 0 Å². The standard InChI is InChI=1S/C23H29N3O2/c27-22-5-1-3-18(15-22)17-25-11-13-26(14-12-25)23(28)20-8-6-19(7-9-20)21-4-2-10-24-16-21/h1,3,5-9,15,21,24,27H,2,4,10-14,16-17H2/t21-/m1/s1. The number of aromatic hydroxyl groups is 1. The number of rotatable bonds is 4. The molecule has 0 saturated carbocycles. The van der Waals surface area contributed by atoms with Crippen LogP contribution in [0.15, 0.2) is 48.5 Å². The van der Waals surface area contributed by atoms with Crippen LogP contribution in [0.3, 0.4) is 0 Å². The summed E-state index contributed by atoms with van der Waals surface area (Å²) in [5.74, 6) is 1.00. The highest BCUT2D eigenvalue weighted by atomic mass is 16.3. The summed E-state index contributed by atoms with van der Waals surface area (Å²) in [6.45, 7) is 6.15. The number of carbonyl (C=O) groups is 1. The molecule has 1 atom stereocenters. The molecule has 5 heteroatoms. The van der Waals surface area contributed by atoms with Crippen molar-refractivity contribution in [3.63, 3.8) is 0 Å². The first-order valence-electron chi connectivity index (χ1n) is 10.3. The number of benzene rings is 2. The van der Waals surface area contributed by atoms with Crippen LogP contribution in [-0.4, -0.2) is 60.1 Å². The van der Waals surface area contributed by atoms with Gasteiger partial charge in [-0.05, 0) is 60.7 Å². The van der Waals surface area contributed by atoms with Gasteiger partial charge in [-0.25, -0.2) is 0 Å². The van der Waals surface area contributed by atoms with Crippen molar-refractivity contribution >= 4 is 5.91 Å². The Morgan fingerprint density at radius 1 is 1.07 bits per heavy atom. The summed E-state index contributed by atoms with van der Waals surface area (Å²) in [6, 6.07) is 15.6. The second-order valence-corrected chi connectivity index (χ2v) is 7.90. The highest BCUT2D eigenvalue weighted by Gasteiger charge is 2.23. The highest BCUT2D eigenvalue weighted by molar-refractivity contribution is 5.94. The molecule has 2 N–H and O–H groups in total. The van der Waals surface area contributed by atoms with Crippen molar-refractivity contribution in [2.45, 2.75) is 25.3 Å². The van der Waals surface area contributed by atoms with Crippen molar-refractivity contribution in [2.24, 2.45) is 0 Å². The van der Waals surface area contributed by atoms with Crippen LogP contribution in [0.25, 0.3) is 0 Å². The molecule has 4 rings (SSSR count). The molecule has 2 aromatic rings. The van der Waals surface area contributed by atoms with Gasteiger partial charge in [0.1, 0.15) is 5.75 Å². The van der Waals surface area contributed by atoms with E-state index in [-0.39, 0.29) is 5.91 Å². The molecule has 2 aliphatic rings. The van der Waals surface area contributed by atoms with E-state index in [2.05, 4.69) is 22.3 Å². The number of piperidine rings is 1. The fourth-order valence-electron chi connectivity index (χ4n) is 4.24. The number of carbonyl (C=O) groups excluding carboxylic acids is 1. The molecule has 5 nitrogen and oxygen atoms in total. The summed E-state index contributed by atoms with van der Waals surface area (Å²) in [4.78, 5) is 17.1. The van der Waals surface area contributed by atoms with E-state index < -0.39 is 0 Å². The van der Waals surface area contributed by atoms with Gasteiger partial charge in [0, 0.05) is 44.8 Å². The largest absolute Gasteiger partial charge is 0.508 e. The molecule has 2 saturated heterocycles. The Morgan fingerprint density at radius 3 is 2.54 bits per heavy atom. The first-order chi connectivity index (χ1) is 13.7. The van der Waals surface area contributed by atoms with Gasteiger partial charge in [0.2, 0.25) is 0 Å². The average molecular weight is 380 g/mol. The lowest BCUT2D eigenvalue weighted by Crippen LogP contribution is -2.48. The minimum absolute atomic E-state index is 0.130. The lowest BCUT2D eigenvalue weighted by Gasteiger charge is -2.35. The van der Waals surface area contributed by atoms with Crippen LogP contribution in [0.1, 0.15) is 40.2 Å². The summed E-state index contributed by atoms with van der Waals surface area (Å²) in [7, 11) is 0. The van der Waals surface area contributed by atoms with Crippen molar-refractivity contribution < 1.29 is 9.90 Å². The zero-order valence-electron chi connectivity index (χ0n) is 16.3. The van der Waals surface area contributed by atoms with Crippen molar-refractivity contribution in [3.8, 4) is 5.75 Å². The summed E-state index contributed by atoms with van der Waals surface area (Å²) < 4.78 is 0. The Kier molecular flexibility index (Phi) is 5.93. The quantitative estimate of drug-likeness (QED) is 0.858. The van der Waals surface area contributed by atoms with Crippen molar-refractivity contribution in [3.05, 3.63) is 65.2 Å². The fourth-order valence-corrected chi connectivity index (χ4v) is 4.24. The molecule has 0 aromatic heterocycles. The van der Waals surface area contributed by atoms with E-state index in [4.69, 9.17) is 0 Å². The van der Waals surface area contributed by atoms with Crippen LogP contribution in [0.4, 0.5) is 0 Å². The first-order valence-corrected chi connectivity index (χ1v) is 10.3. The molecule has 2 aliphatic heterocycles. The average Bonchev–Trinajstić information content (AvgIpc) is 2.75. The van der Waals surface area contributed by atoms with Gasteiger partial charge in [0.05, 0.1) is 0 Å². The predicted octanol–water partition coefficient (Wildman–Crippen LogP) is 2.82. The molecule has 0 aliphatic carbocycles. The molecule has 148 valence electrons. The van der Waals surface area contributed by atoms with Crippen LogP contribution in [0.5, 0.6) is 5.75 Å². The summed E-state index contributed by atoms with van der Waals surface area (Å²) in [5, 5.41) is 13.1. The van der Waals surface area contributed by atoms with Crippen molar-refractivity contribution in [1.82, 2.24) is 15.1 Å². The smallest absolute Gasteiger partial charge is 0.253 e. The Morgan fingerprint density at radius 2 is 1.86 bits per heavy atom. The molecule has 2 heterocycles. The minimum Gasteiger partial charge on any atom is -0.508 e. The van der Waals surface area contributed by atoms with Gasteiger partial charge in [-0.2, -0.15) is 0 Å². The van der Waals surface area contributed by atoms with Crippen molar-refractivity contribution in [1.29, 1.82) is 0 Å². The fraction of sp³-hybridized carbons (Fsp3) is 0.435. The van der Waals surface area contributed by atoms with E-state index in [1.807, 2.05) is 29.2 Å². The summed E-state index contributed by atoms with van der Waals surface area (Å²) in [5.41, 5.74) is 3.22. The Hall–Kier alpha value is -2.37. The molecular weight excluding hydrogens is 350 g/mol. The Labute approximate surface area is 167 Å². The number of piperazine rings is 1. The zero-order valence-corrected chi connectivity index (χ0v) is 16.3. The molecule has 1 amide bonds. The van der Waals surface area contributed by atoms with E-state index in [1.165, 1.54) is 18.4 Å². The van der Waals surface area contributed by atoms with Gasteiger partial charge in [0.15, 0.2) is 0 Å². The minimum atomic E-state index is 0.130. The van der Waals surface area contributed by atoms with E-state index in [0.29, 0.717) is 11.7 Å². The van der Waals surface area contributed by atoms with E-state index in [0.717, 1.165) is 56.9 Å². The lowest BCUT2D eigenvalue weighted by molar-refractivity contribution is 0.0628. The number of hydrogen-bond donors (Lipinski definition) is 2. The number of nitrogens with zero attached hydrogens (tertiary/aromatic N) is 2. The second-order valence-electron chi connectivity index (χ2n) is 7.90. The number of phenolic OH excluding ortho intramolecular Hbond substituents is 1. The third kappa shape index (κ3) is 4.54. The zero-order chi connectivity index (χ0) is 19.3. The number of nitrogens with one attached hydrogen (secondary N) is 1. The molecule has 0 unspecified atom stereocenters. The number of hydrogen-bond acceptors (Lipinski definition) is 4. The molecule has 28 heavy (non-hydrogen) atoms. The monoisotopic (exact) mass is 379 g/mol. The van der Waals surface area contributed by atoms with Crippen LogP contribution < -0.4 is 5.32 Å². The van der Waals surface area contributed by atoms with E-state index >= 15 is 0 Å². The third-order valence-corrected chi connectivity index (χ3v) is 5.90. The maximum Gasteiger partial charge on any atom is 0.253 e. The molecule has 2 fully saturated rings. The molecule has 2 aromatic carbocycles. The summed E-state index contributed by atoms with van der Waals surface area (Å²) >= 11 is 0. The second kappa shape index (κ2) is 8.76. The van der Waals surface area contributed by atoms with E-state index in [1.54, 1.807) is 12.1 Å². The van der Waals surface area contributed by atoms with Crippen LogP contribution in [0.2, 0.25) is 0 Å². The van der Waals surface area contributed by atoms with Crippen LogP contribution in [-0.2, 0) is 6.54 Å². The van der Waals surface area contributed by atoms with Gasteiger partial charge in [-0.15, -0.1) is 0 Å².